The van der Waals surface area contributed by atoms with Crippen molar-refractivity contribution in [2.45, 2.75) is 26.1 Å². The zero-order valence-corrected chi connectivity index (χ0v) is 14.9. The number of nitrogens with two attached hydrogens (primary N) is 1. The van der Waals surface area contributed by atoms with Crippen molar-refractivity contribution >= 4 is 22.4 Å². The number of halogens is 3. The van der Waals surface area contributed by atoms with Crippen molar-refractivity contribution in [1.82, 2.24) is 5.32 Å². The van der Waals surface area contributed by atoms with Crippen LogP contribution in [0.15, 0.2) is 54.6 Å². The zero-order chi connectivity index (χ0) is 19.8. The van der Waals surface area contributed by atoms with Crippen LogP contribution in [0.4, 0.5) is 18.9 Å². The van der Waals surface area contributed by atoms with E-state index in [1.807, 2.05) is 13.8 Å². The van der Waals surface area contributed by atoms with Gasteiger partial charge in [-0.3, -0.25) is 4.79 Å². The van der Waals surface area contributed by atoms with Crippen LogP contribution in [-0.2, 0) is 6.18 Å². The molecule has 1 amide bonds. The molecule has 0 aliphatic rings. The van der Waals surface area contributed by atoms with Crippen molar-refractivity contribution in [2.75, 3.05) is 5.73 Å². The summed E-state index contributed by atoms with van der Waals surface area (Å²) in [6.45, 7) is 3.75. The van der Waals surface area contributed by atoms with Crippen LogP contribution in [0.3, 0.4) is 0 Å². The Balaban J connectivity index is 2.07. The zero-order valence-electron chi connectivity index (χ0n) is 14.9. The highest BCUT2D eigenvalue weighted by Gasteiger charge is 2.30. The summed E-state index contributed by atoms with van der Waals surface area (Å²) < 4.78 is 38.4. The highest BCUT2D eigenvalue weighted by molar-refractivity contribution is 6.04. The van der Waals surface area contributed by atoms with Crippen LogP contribution in [0.2, 0.25) is 0 Å². The summed E-state index contributed by atoms with van der Waals surface area (Å²) in [4.78, 5) is 12.2. The number of benzene rings is 3. The Morgan fingerprint density at radius 3 is 2.26 bits per heavy atom. The molecule has 3 N–H and O–H groups in total. The summed E-state index contributed by atoms with van der Waals surface area (Å²) in [6, 6.07) is 13.7. The summed E-state index contributed by atoms with van der Waals surface area (Å²) in [5.74, 6) is -0.189. The molecule has 0 fully saturated rings. The van der Waals surface area contributed by atoms with Gasteiger partial charge in [-0.2, -0.15) is 13.2 Å². The standard InChI is InChI=1S/C21H19F3N2O/c1-12(2)26-20(27)14-5-8-18-15(9-14)10-17(25)11-19(18)13-3-6-16(7-4-13)21(22,23)24/h3-12H,25H2,1-2H3,(H,26,27). The molecule has 3 aromatic carbocycles. The van der Waals surface area contributed by atoms with E-state index in [2.05, 4.69) is 5.32 Å². The molecule has 0 aromatic heterocycles. The lowest BCUT2D eigenvalue weighted by atomic mass is 9.95. The van der Waals surface area contributed by atoms with Gasteiger partial charge in [0.1, 0.15) is 0 Å². The molecule has 3 nitrogen and oxygen atoms in total. The molecule has 0 aliphatic heterocycles. The number of hydrogen-bond donors (Lipinski definition) is 2. The number of carbonyl (C=O) groups is 1. The van der Waals surface area contributed by atoms with Crippen LogP contribution in [0.25, 0.3) is 21.9 Å². The molecule has 0 radical (unpaired) electrons. The van der Waals surface area contributed by atoms with Gasteiger partial charge in [0, 0.05) is 17.3 Å². The summed E-state index contributed by atoms with van der Waals surface area (Å²) in [5.41, 5.74) is 7.60. The van der Waals surface area contributed by atoms with E-state index in [0.717, 1.165) is 28.5 Å². The second-order valence-electron chi connectivity index (χ2n) is 6.71. The van der Waals surface area contributed by atoms with E-state index in [4.69, 9.17) is 5.73 Å². The number of fused-ring (bicyclic) bond motifs is 1. The van der Waals surface area contributed by atoms with E-state index >= 15 is 0 Å². The van der Waals surface area contributed by atoms with Crippen molar-refractivity contribution < 1.29 is 18.0 Å². The maximum atomic E-state index is 12.8. The first kappa shape index (κ1) is 18.8. The van der Waals surface area contributed by atoms with Gasteiger partial charge in [-0.25, -0.2) is 0 Å². The first-order chi connectivity index (χ1) is 12.6. The fourth-order valence-corrected chi connectivity index (χ4v) is 2.96. The number of amides is 1. The van der Waals surface area contributed by atoms with E-state index in [9.17, 15) is 18.0 Å². The Kier molecular flexibility index (Phi) is 4.83. The van der Waals surface area contributed by atoms with E-state index < -0.39 is 11.7 Å². The molecule has 0 bridgehead atoms. The van der Waals surface area contributed by atoms with Crippen LogP contribution in [0, 0.1) is 0 Å². The Bertz CT molecular complexity index is 993. The Morgan fingerprint density at radius 2 is 1.67 bits per heavy atom. The molecule has 140 valence electrons. The van der Waals surface area contributed by atoms with Gasteiger partial charge in [0.05, 0.1) is 5.56 Å². The summed E-state index contributed by atoms with van der Waals surface area (Å²) in [6.07, 6.45) is -4.38. The predicted molar refractivity (Wildman–Crippen MR) is 101 cm³/mol. The predicted octanol–water partition coefficient (Wildman–Crippen LogP) is 5.25. The second-order valence-corrected chi connectivity index (χ2v) is 6.71. The number of alkyl halides is 3. The maximum absolute atomic E-state index is 12.8. The number of anilines is 1. The van der Waals surface area contributed by atoms with E-state index in [0.29, 0.717) is 16.8 Å². The summed E-state index contributed by atoms with van der Waals surface area (Å²) >= 11 is 0. The van der Waals surface area contributed by atoms with Crippen LogP contribution in [0.1, 0.15) is 29.8 Å². The molecule has 3 aromatic rings. The van der Waals surface area contributed by atoms with Gasteiger partial charge in [-0.15, -0.1) is 0 Å². The van der Waals surface area contributed by atoms with Crippen LogP contribution >= 0.6 is 0 Å². The van der Waals surface area contributed by atoms with Crippen molar-refractivity contribution in [3.63, 3.8) is 0 Å². The largest absolute Gasteiger partial charge is 0.416 e. The SMILES string of the molecule is CC(C)NC(=O)c1ccc2c(-c3ccc(C(F)(F)F)cc3)cc(N)cc2c1. The van der Waals surface area contributed by atoms with E-state index in [1.165, 1.54) is 12.1 Å². The fraction of sp³-hybridized carbons (Fsp3) is 0.190. The highest BCUT2D eigenvalue weighted by Crippen LogP contribution is 2.35. The Hall–Kier alpha value is -3.02. The lowest BCUT2D eigenvalue weighted by molar-refractivity contribution is -0.137. The lowest BCUT2D eigenvalue weighted by Gasteiger charge is -2.13. The molecule has 6 heteroatoms. The van der Waals surface area contributed by atoms with E-state index in [1.54, 1.807) is 30.3 Å². The second kappa shape index (κ2) is 6.95. The van der Waals surface area contributed by atoms with Crippen LogP contribution in [0.5, 0.6) is 0 Å². The maximum Gasteiger partial charge on any atom is 0.416 e. The number of nitrogens with one attached hydrogen (secondary N) is 1. The summed E-state index contributed by atoms with van der Waals surface area (Å²) in [7, 11) is 0. The third-order valence-corrected chi connectivity index (χ3v) is 4.18. The quantitative estimate of drug-likeness (QED) is 0.617. The fourth-order valence-electron chi connectivity index (χ4n) is 2.96. The van der Waals surface area contributed by atoms with Crippen molar-refractivity contribution in [3.8, 4) is 11.1 Å². The van der Waals surface area contributed by atoms with Gasteiger partial charge >= 0.3 is 6.18 Å². The van der Waals surface area contributed by atoms with Gasteiger partial charge in [-0.1, -0.05) is 18.2 Å². The first-order valence-corrected chi connectivity index (χ1v) is 8.47. The van der Waals surface area contributed by atoms with Gasteiger partial charge in [0.25, 0.3) is 5.91 Å². The molecule has 0 spiro atoms. The number of nitrogen functional groups attached to an aromatic ring is 1. The highest BCUT2D eigenvalue weighted by atomic mass is 19.4. The molecular weight excluding hydrogens is 353 g/mol. The molecule has 3 rings (SSSR count). The molecule has 27 heavy (non-hydrogen) atoms. The average Bonchev–Trinajstić information content (AvgIpc) is 2.59. The van der Waals surface area contributed by atoms with Crippen molar-refractivity contribution in [3.05, 3.63) is 65.7 Å². The number of rotatable bonds is 3. The molecule has 0 aliphatic carbocycles. The topological polar surface area (TPSA) is 55.1 Å². The van der Waals surface area contributed by atoms with Gasteiger partial charge in [0.15, 0.2) is 0 Å². The lowest BCUT2D eigenvalue weighted by Crippen LogP contribution is -2.29. The Morgan fingerprint density at radius 1 is 1.00 bits per heavy atom. The van der Waals surface area contributed by atoms with E-state index in [-0.39, 0.29) is 11.9 Å². The smallest absolute Gasteiger partial charge is 0.399 e. The first-order valence-electron chi connectivity index (χ1n) is 8.47. The molecular formula is C21H19F3N2O. The Labute approximate surface area is 155 Å². The third kappa shape index (κ3) is 4.05. The average molecular weight is 372 g/mol. The number of hydrogen-bond acceptors (Lipinski definition) is 2. The number of carbonyl (C=O) groups excluding carboxylic acids is 1. The van der Waals surface area contributed by atoms with Crippen LogP contribution < -0.4 is 11.1 Å². The minimum Gasteiger partial charge on any atom is -0.399 e. The molecule has 0 saturated heterocycles. The van der Waals surface area contributed by atoms with Gasteiger partial charge in [0.2, 0.25) is 0 Å². The minimum absolute atomic E-state index is 0.0109. The van der Waals surface area contributed by atoms with Crippen LogP contribution in [-0.4, -0.2) is 11.9 Å². The molecule has 0 unspecified atom stereocenters. The molecule has 0 heterocycles. The molecule has 0 saturated carbocycles. The van der Waals surface area contributed by atoms with Gasteiger partial charge in [-0.05, 0) is 72.1 Å². The van der Waals surface area contributed by atoms with Gasteiger partial charge < -0.3 is 11.1 Å². The normalized spacial score (nSPS) is 11.8. The molecule has 0 atom stereocenters. The van der Waals surface area contributed by atoms with Crippen molar-refractivity contribution in [1.29, 1.82) is 0 Å². The minimum atomic E-state index is -4.38. The van der Waals surface area contributed by atoms with Crippen molar-refractivity contribution in [2.24, 2.45) is 0 Å². The monoisotopic (exact) mass is 372 g/mol. The third-order valence-electron chi connectivity index (χ3n) is 4.18. The summed E-state index contributed by atoms with van der Waals surface area (Å²) in [5, 5.41) is 4.39.